The number of hydrogen-bond acceptors (Lipinski definition) is 2. The maximum Gasteiger partial charge on any atom is 0.269 e. The van der Waals surface area contributed by atoms with Crippen molar-refractivity contribution in [2.75, 3.05) is 0 Å². The van der Waals surface area contributed by atoms with Crippen molar-refractivity contribution in [2.24, 2.45) is 0 Å². The Morgan fingerprint density at radius 1 is 0.487 bits per heavy atom. The first-order valence-electron chi connectivity index (χ1n) is 30.1. The highest BCUT2D eigenvalue weighted by molar-refractivity contribution is 6.13. The first-order valence-corrected chi connectivity index (χ1v) is 25.1. The summed E-state index contributed by atoms with van der Waals surface area (Å²) in [6.45, 7) is 6.59. The van der Waals surface area contributed by atoms with E-state index < -0.39 is 60.4 Å². The predicted molar refractivity (Wildman–Crippen MR) is 312 cm³/mol. The molecule has 0 aliphatic carbocycles. The van der Waals surface area contributed by atoms with Crippen LogP contribution >= 0.6 is 0 Å². The van der Waals surface area contributed by atoms with Crippen molar-refractivity contribution in [3.05, 3.63) is 267 Å². The van der Waals surface area contributed by atoms with Crippen LogP contribution in [-0.4, -0.2) is 18.7 Å². The SMILES string of the molecule is [2H]c1c([2H])c([2H])c(-c2cccc(-c3c([2H])c([2H])c([2H])c([2H])c3[2H])c2-[n+]2[c-]n(-c3cccc(Oc4cc5c(cc4-n4c6ccccc6c6ccccc64)c4cc(-c6ccccc6)ccc4n5-c4cc(C(C)(C)C)ccn4)c3)c3ccccc32)c([2H])c1[2H]. The molecule has 6 nitrogen and oxygen atoms in total. The third kappa shape index (κ3) is 7.56. The van der Waals surface area contributed by atoms with Crippen molar-refractivity contribution in [3.63, 3.8) is 0 Å². The lowest BCUT2D eigenvalue weighted by Gasteiger charge is -2.20. The summed E-state index contributed by atoms with van der Waals surface area (Å²) >= 11 is 0. The molecular weight excluding hydrogens is 927 g/mol. The number of nitrogens with zero attached hydrogens (tertiary/aromatic N) is 5. The summed E-state index contributed by atoms with van der Waals surface area (Å²) in [4.78, 5) is 5.05. The van der Waals surface area contributed by atoms with Crippen LogP contribution in [0.25, 0.3) is 111 Å². The maximum absolute atomic E-state index is 9.17. The molecule has 0 spiro atoms. The van der Waals surface area contributed by atoms with E-state index >= 15 is 0 Å². The lowest BCUT2D eigenvalue weighted by atomic mass is 9.88. The molecule has 14 aromatic rings. The first-order chi connectivity index (χ1) is 41.5. The van der Waals surface area contributed by atoms with Gasteiger partial charge in [-0.2, -0.15) is 0 Å². The second-order valence-electron chi connectivity index (χ2n) is 19.9. The van der Waals surface area contributed by atoms with Crippen LogP contribution in [0.15, 0.2) is 255 Å². The van der Waals surface area contributed by atoms with Gasteiger partial charge in [-0.1, -0.05) is 203 Å². The molecule has 0 unspecified atom stereocenters. The molecule has 0 saturated heterocycles. The number of aromatic nitrogens is 5. The minimum atomic E-state index is -0.574. The van der Waals surface area contributed by atoms with E-state index in [1.54, 1.807) is 22.8 Å². The standard InChI is InChI=1S/C70H51N5O/c1-70(2,3)51-39-40-71-68(42-51)75-62-38-37-50(47-21-7-4-8-22-47)41-58(62)59-44-66(74-60-33-15-13-29-56(60)57-30-14-16-34-61(57)74)67(45-65(59)75)76-53-28-19-27-52(43-53)72-46-73(64-36-18-17-35-63(64)72)69-54(48-23-9-5-10-24-48)31-20-32-55(69)49-25-11-6-12-26-49/h4-45H,1-3H3/i5D,6D,9D,10D,11D,12D,23D,24D,25D,26D. The monoisotopic (exact) mass is 987 g/mol. The lowest BCUT2D eigenvalue weighted by molar-refractivity contribution is -0.571. The van der Waals surface area contributed by atoms with Gasteiger partial charge in [-0.05, 0) is 105 Å². The van der Waals surface area contributed by atoms with Crippen LogP contribution in [0.2, 0.25) is 0 Å². The van der Waals surface area contributed by atoms with E-state index in [1.165, 1.54) is 0 Å². The number of ether oxygens (including phenoxy) is 1. The molecule has 362 valence electrons. The molecular formula is C70H51N5O. The Morgan fingerprint density at radius 2 is 1.11 bits per heavy atom. The number of rotatable bonds is 9. The molecule has 0 bridgehead atoms. The zero-order chi connectivity index (χ0) is 59.6. The molecule has 0 N–H and O–H groups in total. The average Bonchev–Trinajstić information content (AvgIpc) is 1.51. The summed E-state index contributed by atoms with van der Waals surface area (Å²) in [7, 11) is 0. The number of hydrogen-bond donors (Lipinski definition) is 0. The normalized spacial score (nSPS) is 13.7. The fraction of sp³-hybridized carbons (Fsp3) is 0.0571. The summed E-state index contributed by atoms with van der Waals surface area (Å²) < 4.78 is 104. The van der Waals surface area contributed by atoms with E-state index in [2.05, 4.69) is 139 Å². The Balaban J connectivity index is 1.01. The van der Waals surface area contributed by atoms with Crippen molar-refractivity contribution >= 4 is 54.6 Å². The molecule has 14 rings (SSSR count). The molecule has 0 amide bonds. The van der Waals surface area contributed by atoms with Gasteiger partial charge in [0.15, 0.2) is 5.75 Å². The summed E-state index contributed by atoms with van der Waals surface area (Å²) in [5, 5.41) is 4.19. The van der Waals surface area contributed by atoms with Gasteiger partial charge in [-0.25, -0.2) is 4.98 Å². The van der Waals surface area contributed by atoms with Crippen LogP contribution in [0.1, 0.15) is 40.0 Å². The van der Waals surface area contributed by atoms with Gasteiger partial charge < -0.3 is 9.30 Å². The Bertz CT molecular complexity index is 4960. The highest BCUT2D eigenvalue weighted by Crippen LogP contribution is 2.44. The van der Waals surface area contributed by atoms with Gasteiger partial charge in [0.2, 0.25) is 0 Å². The van der Waals surface area contributed by atoms with Crippen LogP contribution in [0.5, 0.6) is 11.5 Å². The third-order valence-electron chi connectivity index (χ3n) is 14.3. The summed E-state index contributed by atoms with van der Waals surface area (Å²) in [6.07, 6.45) is 5.39. The van der Waals surface area contributed by atoms with Crippen molar-refractivity contribution < 1.29 is 23.0 Å². The van der Waals surface area contributed by atoms with E-state index in [4.69, 9.17) is 17.9 Å². The molecule has 0 saturated carbocycles. The van der Waals surface area contributed by atoms with Gasteiger partial charge in [0.1, 0.15) is 11.6 Å². The lowest BCUT2D eigenvalue weighted by Crippen LogP contribution is -2.31. The fourth-order valence-electron chi connectivity index (χ4n) is 10.7. The zero-order valence-electron chi connectivity index (χ0n) is 51.6. The first kappa shape index (κ1) is 35.4. The second-order valence-corrected chi connectivity index (χ2v) is 19.9. The van der Waals surface area contributed by atoms with Gasteiger partial charge in [0, 0.05) is 33.8 Å². The minimum Gasteiger partial charge on any atom is -0.456 e. The van der Waals surface area contributed by atoms with Crippen LogP contribution in [0.3, 0.4) is 0 Å². The Kier molecular flexibility index (Phi) is 8.38. The highest BCUT2D eigenvalue weighted by atomic mass is 16.5. The molecule has 0 fully saturated rings. The molecule has 6 heteroatoms. The number of benzene rings is 10. The van der Waals surface area contributed by atoms with Crippen LogP contribution in [0, 0.1) is 6.33 Å². The van der Waals surface area contributed by atoms with Crippen molar-refractivity contribution in [1.82, 2.24) is 18.7 Å². The van der Waals surface area contributed by atoms with Gasteiger partial charge in [-0.3, -0.25) is 13.7 Å². The van der Waals surface area contributed by atoms with Crippen molar-refractivity contribution in [1.29, 1.82) is 0 Å². The third-order valence-corrected chi connectivity index (χ3v) is 14.3. The number of fused-ring (bicyclic) bond motifs is 7. The second kappa shape index (κ2) is 18.0. The molecule has 4 heterocycles. The molecule has 0 radical (unpaired) electrons. The number of imidazole rings is 1. The largest absolute Gasteiger partial charge is 0.456 e. The van der Waals surface area contributed by atoms with E-state index in [0.29, 0.717) is 28.2 Å². The minimum absolute atomic E-state index is 0.141. The maximum atomic E-state index is 9.17. The van der Waals surface area contributed by atoms with E-state index in [0.717, 1.165) is 71.8 Å². The fourth-order valence-corrected chi connectivity index (χ4v) is 10.7. The van der Waals surface area contributed by atoms with Gasteiger partial charge in [0.05, 0.1) is 63.9 Å². The highest BCUT2D eigenvalue weighted by Gasteiger charge is 2.25. The molecule has 76 heavy (non-hydrogen) atoms. The predicted octanol–water partition coefficient (Wildman–Crippen LogP) is 17.4. The Labute approximate surface area is 455 Å². The molecule has 10 aromatic carbocycles. The summed E-state index contributed by atoms with van der Waals surface area (Å²) in [5.74, 6) is 1.78. The van der Waals surface area contributed by atoms with Gasteiger partial charge in [0.25, 0.3) is 6.33 Å². The van der Waals surface area contributed by atoms with Crippen molar-refractivity contribution in [3.8, 4) is 67.8 Å². The summed E-state index contributed by atoms with van der Waals surface area (Å²) in [5.41, 5.74) is 9.71. The molecule has 0 atom stereocenters. The summed E-state index contributed by atoms with van der Waals surface area (Å²) in [6, 6.07) is 56.8. The van der Waals surface area contributed by atoms with E-state index in [1.807, 2.05) is 77.5 Å². The van der Waals surface area contributed by atoms with E-state index in [9.17, 15) is 5.48 Å². The van der Waals surface area contributed by atoms with Crippen LogP contribution in [-0.2, 0) is 5.41 Å². The number of para-hydroxylation sites is 5. The zero-order valence-corrected chi connectivity index (χ0v) is 41.6. The quantitative estimate of drug-likeness (QED) is 0.107. The van der Waals surface area contributed by atoms with Crippen LogP contribution < -0.4 is 9.30 Å². The smallest absolute Gasteiger partial charge is 0.269 e. The molecule has 4 aromatic heterocycles. The molecule has 0 aliphatic rings. The molecule has 0 aliphatic heterocycles. The number of pyridine rings is 1. The van der Waals surface area contributed by atoms with Crippen molar-refractivity contribution in [2.45, 2.75) is 26.2 Å². The average molecular weight is 988 g/mol. The van der Waals surface area contributed by atoms with Crippen LogP contribution in [0.4, 0.5) is 0 Å². The van der Waals surface area contributed by atoms with Gasteiger partial charge >= 0.3 is 0 Å². The topological polar surface area (TPSA) is 40.8 Å². The van der Waals surface area contributed by atoms with Gasteiger partial charge in [-0.15, -0.1) is 0 Å². The Hall–Kier alpha value is -9.78. The Morgan fingerprint density at radius 3 is 1.80 bits per heavy atom. The van der Waals surface area contributed by atoms with E-state index in [-0.39, 0.29) is 33.4 Å².